The smallest absolute Gasteiger partial charge is 0.159 e. The van der Waals surface area contributed by atoms with Crippen LogP contribution in [-0.2, 0) is 0 Å². The number of rotatable bonds is 5. The highest BCUT2D eigenvalue weighted by Crippen LogP contribution is 2.27. The summed E-state index contributed by atoms with van der Waals surface area (Å²) in [7, 11) is 2.03. The molecule has 0 aromatic carbocycles. The molecule has 2 heterocycles. The van der Waals surface area contributed by atoms with Crippen LogP contribution in [0.4, 0.5) is 11.6 Å². The number of hydrazine groups is 1. The Morgan fingerprint density at radius 2 is 2.17 bits per heavy atom. The number of anilines is 2. The zero-order valence-corrected chi connectivity index (χ0v) is 12.2. The number of likely N-dealkylation sites (tertiary alicyclic amines) is 1. The first-order valence-corrected chi connectivity index (χ1v) is 6.92. The SMILES string of the molecule is CN(CCN1CCCC1)c1ncnc(NN)c1Br. The van der Waals surface area contributed by atoms with Crippen LogP contribution in [-0.4, -0.2) is 48.1 Å². The summed E-state index contributed by atoms with van der Waals surface area (Å²) >= 11 is 3.47. The number of hydrogen-bond donors (Lipinski definition) is 2. The molecule has 1 aromatic heterocycles. The molecule has 1 aromatic rings. The van der Waals surface area contributed by atoms with Gasteiger partial charge < -0.3 is 15.2 Å². The topological polar surface area (TPSA) is 70.3 Å². The first-order valence-electron chi connectivity index (χ1n) is 6.13. The number of halogens is 1. The Bertz CT molecular complexity index is 393. The van der Waals surface area contributed by atoms with Crippen LogP contribution in [0.25, 0.3) is 0 Å². The standard InChI is InChI=1S/C11H19BrN6/c1-17(6-7-18-4-2-3-5-18)11-9(12)10(16-13)14-8-15-11/h8H,2-7,13H2,1H3,(H,14,15,16). The Hall–Kier alpha value is -0.920. The second-order valence-corrected chi connectivity index (χ2v) is 5.27. The van der Waals surface area contributed by atoms with Gasteiger partial charge in [-0.05, 0) is 41.9 Å². The van der Waals surface area contributed by atoms with Crippen molar-refractivity contribution < 1.29 is 0 Å². The summed E-state index contributed by atoms with van der Waals surface area (Å²) in [5.74, 6) is 6.86. The zero-order chi connectivity index (χ0) is 13.0. The van der Waals surface area contributed by atoms with E-state index >= 15 is 0 Å². The maximum absolute atomic E-state index is 5.40. The molecule has 0 bridgehead atoms. The number of nitrogens with two attached hydrogens (primary N) is 1. The predicted octanol–water partition coefficient (Wildman–Crippen LogP) is 1.06. The summed E-state index contributed by atoms with van der Waals surface area (Å²) < 4.78 is 0.802. The summed E-state index contributed by atoms with van der Waals surface area (Å²) in [5.41, 5.74) is 2.55. The molecule has 0 amide bonds. The van der Waals surface area contributed by atoms with Crippen molar-refractivity contribution in [2.75, 3.05) is 43.6 Å². The van der Waals surface area contributed by atoms with E-state index < -0.39 is 0 Å². The number of hydrogen-bond acceptors (Lipinski definition) is 6. The van der Waals surface area contributed by atoms with Crippen molar-refractivity contribution in [2.24, 2.45) is 5.84 Å². The van der Waals surface area contributed by atoms with Gasteiger partial charge in [-0.1, -0.05) is 0 Å². The van der Waals surface area contributed by atoms with Crippen LogP contribution in [0, 0.1) is 0 Å². The van der Waals surface area contributed by atoms with Crippen molar-refractivity contribution in [3.05, 3.63) is 10.8 Å². The minimum atomic E-state index is 0.605. The van der Waals surface area contributed by atoms with E-state index in [0.29, 0.717) is 5.82 Å². The summed E-state index contributed by atoms with van der Waals surface area (Å²) in [4.78, 5) is 12.9. The molecule has 2 rings (SSSR count). The molecule has 0 saturated carbocycles. The van der Waals surface area contributed by atoms with Crippen molar-refractivity contribution in [3.8, 4) is 0 Å². The Morgan fingerprint density at radius 3 is 2.83 bits per heavy atom. The molecule has 3 N–H and O–H groups in total. The van der Waals surface area contributed by atoms with Crippen LogP contribution >= 0.6 is 15.9 Å². The Kier molecular flexibility index (Phi) is 4.73. The first-order chi connectivity index (χ1) is 8.72. The lowest BCUT2D eigenvalue weighted by Crippen LogP contribution is -2.32. The van der Waals surface area contributed by atoms with E-state index in [9.17, 15) is 0 Å². The molecule has 0 aliphatic carbocycles. The summed E-state index contributed by atoms with van der Waals surface area (Å²) in [6, 6.07) is 0. The fourth-order valence-corrected chi connectivity index (χ4v) is 2.75. The quantitative estimate of drug-likeness (QED) is 0.625. The Morgan fingerprint density at radius 1 is 1.44 bits per heavy atom. The molecule has 1 aliphatic rings. The fraction of sp³-hybridized carbons (Fsp3) is 0.636. The highest BCUT2D eigenvalue weighted by atomic mass is 79.9. The van der Waals surface area contributed by atoms with Crippen molar-refractivity contribution in [1.82, 2.24) is 14.9 Å². The average Bonchev–Trinajstić information content (AvgIpc) is 2.89. The summed E-state index contributed by atoms with van der Waals surface area (Å²) in [6.45, 7) is 4.45. The molecule has 18 heavy (non-hydrogen) atoms. The van der Waals surface area contributed by atoms with Crippen molar-refractivity contribution in [2.45, 2.75) is 12.8 Å². The number of likely N-dealkylation sites (N-methyl/N-ethyl adjacent to an activating group) is 1. The largest absolute Gasteiger partial charge is 0.357 e. The van der Waals surface area contributed by atoms with Gasteiger partial charge in [-0.15, -0.1) is 0 Å². The van der Waals surface area contributed by atoms with E-state index in [1.807, 2.05) is 7.05 Å². The molecule has 0 spiro atoms. The van der Waals surface area contributed by atoms with Gasteiger partial charge in [0, 0.05) is 20.1 Å². The van der Waals surface area contributed by atoms with E-state index in [1.165, 1.54) is 32.3 Å². The van der Waals surface area contributed by atoms with E-state index in [0.717, 1.165) is 23.4 Å². The minimum Gasteiger partial charge on any atom is -0.357 e. The molecule has 7 heteroatoms. The second kappa shape index (κ2) is 6.31. The van der Waals surface area contributed by atoms with Gasteiger partial charge in [0.1, 0.15) is 16.6 Å². The molecule has 0 atom stereocenters. The van der Waals surface area contributed by atoms with E-state index in [1.54, 1.807) is 0 Å². The van der Waals surface area contributed by atoms with Crippen LogP contribution < -0.4 is 16.2 Å². The number of nitrogens with zero attached hydrogens (tertiary/aromatic N) is 4. The van der Waals surface area contributed by atoms with Crippen LogP contribution in [0.3, 0.4) is 0 Å². The van der Waals surface area contributed by atoms with Gasteiger partial charge in [0.15, 0.2) is 5.82 Å². The van der Waals surface area contributed by atoms with Crippen LogP contribution in [0.1, 0.15) is 12.8 Å². The molecule has 0 radical (unpaired) electrons. The van der Waals surface area contributed by atoms with E-state index in [-0.39, 0.29) is 0 Å². The van der Waals surface area contributed by atoms with Crippen LogP contribution in [0.2, 0.25) is 0 Å². The highest BCUT2D eigenvalue weighted by molar-refractivity contribution is 9.10. The molecule has 100 valence electrons. The van der Waals surface area contributed by atoms with E-state index in [2.05, 4.69) is 41.1 Å². The third kappa shape index (κ3) is 3.09. The normalized spacial score (nSPS) is 15.9. The van der Waals surface area contributed by atoms with Crippen LogP contribution in [0.15, 0.2) is 10.8 Å². The maximum Gasteiger partial charge on any atom is 0.159 e. The molecular formula is C11H19BrN6. The third-order valence-electron chi connectivity index (χ3n) is 3.22. The molecule has 0 unspecified atom stereocenters. The van der Waals surface area contributed by atoms with Gasteiger partial charge in [-0.25, -0.2) is 15.8 Å². The molecule has 1 fully saturated rings. The van der Waals surface area contributed by atoms with Crippen LogP contribution in [0.5, 0.6) is 0 Å². The van der Waals surface area contributed by atoms with Gasteiger partial charge in [-0.2, -0.15) is 0 Å². The highest BCUT2D eigenvalue weighted by Gasteiger charge is 2.15. The van der Waals surface area contributed by atoms with E-state index in [4.69, 9.17) is 5.84 Å². The molecule has 1 aliphatic heterocycles. The minimum absolute atomic E-state index is 0.605. The lowest BCUT2D eigenvalue weighted by molar-refractivity contribution is 0.346. The monoisotopic (exact) mass is 314 g/mol. The lowest BCUT2D eigenvalue weighted by Gasteiger charge is -2.23. The van der Waals surface area contributed by atoms with Crippen molar-refractivity contribution in [1.29, 1.82) is 0 Å². The molecular weight excluding hydrogens is 296 g/mol. The van der Waals surface area contributed by atoms with Gasteiger partial charge >= 0.3 is 0 Å². The summed E-state index contributed by atoms with van der Waals surface area (Å²) in [5, 5.41) is 0. The lowest BCUT2D eigenvalue weighted by atomic mass is 10.4. The van der Waals surface area contributed by atoms with Gasteiger partial charge in [-0.3, -0.25) is 0 Å². The fourth-order valence-electron chi connectivity index (χ4n) is 2.13. The van der Waals surface area contributed by atoms with Gasteiger partial charge in [0.05, 0.1) is 0 Å². The predicted molar refractivity (Wildman–Crippen MR) is 76.5 cm³/mol. The number of nitrogens with one attached hydrogen (secondary N) is 1. The van der Waals surface area contributed by atoms with Gasteiger partial charge in [0.25, 0.3) is 0 Å². The summed E-state index contributed by atoms with van der Waals surface area (Å²) in [6.07, 6.45) is 4.16. The number of nitrogen functional groups attached to an aromatic ring is 1. The third-order valence-corrected chi connectivity index (χ3v) is 3.95. The molecule has 6 nitrogen and oxygen atoms in total. The van der Waals surface area contributed by atoms with Gasteiger partial charge in [0.2, 0.25) is 0 Å². The first kappa shape index (κ1) is 13.5. The van der Waals surface area contributed by atoms with Crippen molar-refractivity contribution in [3.63, 3.8) is 0 Å². The second-order valence-electron chi connectivity index (χ2n) is 4.47. The average molecular weight is 315 g/mol. The Labute approximate surface area is 116 Å². The Balaban J connectivity index is 1.97. The maximum atomic E-state index is 5.40. The zero-order valence-electron chi connectivity index (χ0n) is 10.6. The number of aromatic nitrogens is 2. The van der Waals surface area contributed by atoms with Crippen molar-refractivity contribution >= 4 is 27.6 Å². The molecule has 1 saturated heterocycles.